The lowest BCUT2D eigenvalue weighted by Gasteiger charge is -2.14. The van der Waals surface area contributed by atoms with E-state index in [1.54, 1.807) is 11.8 Å². The highest BCUT2D eigenvalue weighted by molar-refractivity contribution is 7.98. The van der Waals surface area contributed by atoms with Gasteiger partial charge in [-0.05, 0) is 48.5 Å². The van der Waals surface area contributed by atoms with E-state index in [0.717, 1.165) is 44.1 Å². The van der Waals surface area contributed by atoms with E-state index in [0.29, 0.717) is 22.3 Å². The topological polar surface area (TPSA) is 43.1 Å². The highest BCUT2D eigenvalue weighted by Gasteiger charge is 2.24. The van der Waals surface area contributed by atoms with Gasteiger partial charge in [-0.1, -0.05) is 53.0 Å². The molecule has 1 aliphatic heterocycles. The number of thioether (sulfide) groups is 1. The number of halogens is 3. The van der Waals surface area contributed by atoms with E-state index >= 15 is 0 Å². The summed E-state index contributed by atoms with van der Waals surface area (Å²) in [6, 6.07) is 21.2. The van der Waals surface area contributed by atoms with Crippen molar-refractivity contribution < 1.29 is 0 Å². The van der Waals surface area contributed by atoms with Crippen LogP contribution < -0.4 is 0 Å². The molecule has 0 unspecified atom stereocenters. The van der Waals surface area contributed by atoms with Gasteiger partial charge in [-0.2, -0.15) is 0 Å². The second kappa shape index (κ2) is 8.67. The number of nitrogens with zero attached hydrogens (tertiary/aromatic N) is 4. The Morgan fingerprint density at radius 3 is 2.42 bits per heavy atom. The molecule has 154 valence electrons. The van der Waals surface area contributed by atoms with E-state index in [-0.39, 0.29) is 0 Å². The summed E-state index contributed by atoms with van der Waals surface area (Å²) in [5.74, 6) is 2.27. The molecular formula is C23H15Cl3N4S. The molecule has 31 heavy (non-hydrogen) atoms. The molecule has 2 heterocycles. The van der Waals surface area contributed by atoms with Gasteiger partial charge in [-0.25, -0.2) is 0 Å². The maximum absolute atomic E-state index is 6.50. The normalized spacial score (nSPS) is 12.7. The second-order valence-electron chi connectivity index (χ2n) is 6.92. The molecule has 1 aromatic heterocycles. The van der Waals surface area contributed by atoms with Crippen molar-refractivity contribution in [1.82, 2.24) is 14.8 Å². The van der Waals surface area contributed by atoms with E-state index in [1.165, 1.54) is 0 Å². The molecule has 0 bridgehead atoms. The average Bonchev–Trinajstić information content (AvgIpc) is 3.10. The number of hydrogen-bond acceptors (Lipinski definition) is 4. The predicted octanol–water partition coefficient (Wildman–Crippen LogP) is 6.87. The van der Waals surface area contributed by atoms with Crippen LogP contribution in [0.25, 0.3) is 5.69 Å². The van der Waals surface area contributed by atoms with Gasteiger partial charge in [0.2, 0.25) is 0 Å². The molecule has 3 aromatic carbocycles. The van der Waals surface area contributed by atoms with Crippen molar-refractivity contribution in [2.24, 2.45) is 4.99 Å². The van der Waals surface area contributed by atoms with Crippen LogP contribution in [0.5, 0.6) is 0 Å². The van der Waals surface area contributed by atoms with Crippen LogP contribution in [-0.2, 0) is 12.3 Å². The van der Waals surface area contributed by atoms with Gasteiger partial charge < -0.3 is 0 Å². The zero-order valence-corrected chi connectivity index (χ0v) is 19.2. The fraction of sp³-hybridized carbons (Fsp3) is 0.0870. The quantitative estimate of drug-likeness (QED) is 0.296. The summed E-state index contributed by atoms with van der Waals surface area (Å²) in [6.45, 7) is 0.394. The van der Waals surface area contributed by atoms with Crippen LogP contribution in [0, 0.1) is 0 Å². The monoisotopic (exact) mass is 484 g/mol. The molecule has 0 amide bonds. The number of benzene rings is 3. The third kappa shape index (κ3) is 4.11. The molecule has 4 nitrogen and oxygen atoms in total. The van der Waals surface area contributed by atoms with E-state index in [1.807, 2.05) is 66.7 Å². The summed E-state index contributed by atoms with van der Waals surface area (Å²) in [6.07, 6.45) is 0. The van der Waals surface area contributed by atoms with Gasteiger partial charge in [-0.15, -0.1) is 22.0 Å². The van der Waals surface area contributed by atoms with Crippen LogP contribution in [-0.4, -0.2) is 20.5 Å². The van der Waals surface area contributed by atoms with Crippen molar-refractivity contribution in [3.05, 3.63) is 105 Å². The minimum atomic E-state index is 0.394. The van der Waals surface area contributed by atoms with Crippen molar-refractivity contribution in [1.29, 1.82) is 0 Å². The minimum absolute atomic E-state index is 0.394. The summed E-state index contributed by atoms with van der Waals surface area (Å²) in [5, 5.41) is 10.9. The van der Waals surface area contributed by atoms with Gasteiger partial charge in [0.25, 0.3) is 0 Å². The fourth-order valence-corrected chi connectivity index (χ4v) is 4.85. The van der Waals surface area contributed by atoms with Crippen LogP contribution in [0.1, 0.15) is 22.8 Å². The maximum atomic E-state index is 6.50. The van der Waals surface area contributed by atoms with Crippen LogP contribution in [0.2, 0.25) is 15.1 Å². The first-order chi connectivity index (χ1) is 15.1. The first kappa shape index (κ1) is 20.6. The van der Waals surface area contributed by atoms with E-state index < -0.39 is 0 Å². The summed E-state index contributed by atoms with van der Waals surface area (Å²) in [7, 11) is 0. The van der Waals surface area contributed by atoms with Crippen molar-refractivity contribution in [2.75, 3.05) is 0 Å². The van der Waals surface area contributed by atoms with Crippen LogP contribution in [0.3, 0.4) is 0 Å². The molecular weight excluding hydrogens is 471 g/mol. The standard InChI is InChI=1S/C23H15Cl3N4S/c24-14-5-8-16(9-6-14)31-13-22-29-28-21-12-27-23(17-3-1-2-4-19(17)26)18-11-15(25)7-10-20(18)30(21)22/h1-11H,12-13H2. The Kier molecular flexibility index (Phi) is 5.76. The van der Waals surface area contributed by atoms with Crippen molar-refractivity contribution >= 4 is 52.3 Å². The van der Waals surface area contributed by atoms with Gasteiger partial charge in [-0.3, -0.25) is 9.56 Å². The van der Waals surface area contributed by atoms with Crippen molar-refractivity contribution in [3.63, 3.8) is 0 Å². The lowest BCUT2D eigenvalue weighted by atomic mass is 10.0. The molecule has 4 aromatic rings. The van der Waals surface area contributed by atoms with Crippen molar-refractivity contribution in [3.8, 4) is 5.69 Å². The van der Waals surface area contributed by atoms with Crippen LogP contribution >= 0.6 is 46.6 Å². The summed E-state index contributed by atoms with van der Waals surface area (Å²) < 4.78 is 2.07. The Balaban J connectivity index is 1.57. The Morgan fingerprint density at radius 1 is 0.839 bits per heavy atom. The minimum Gasteiger partial charge on any atom is -0.280 e. The number of aromatic nitrogens is 3. The number of rotatable bonds is 4. The molecule has 0 saturated heterocycles. The van der Waals surface area contributed by atoms with Crippen LogP contribution in [0.4, 0.5) is 0 Å². The van der Waals surface area contributed by atoms with Gasteiger partial charge in [0.1, 0.15) is 12.4 Å². The summed E-state index contributed by atoms with van der Waals surface area (Å²) >= 11 is 20.6. The smallest absolute Gasteiger partial charge is 0.159 e. The maximum Gasteiger partial charge on any atom is 0.159 e. The molecule has 0 saturated carbocycles. The molecule has 0 fully saturated rings. The van der Waals surface area contributed by atoms with Gasteiger partial charge in [0.05, 0.1) is 17.2 Å². The van der Waals surface area contributed by atoms with E-state index in [2.05, 4.69) is 14.8 Å². The zero-order valence-electron chi connectivity index (χ0n) is 16.1. The average molecular weight is 486 g/mol. The summed E-state index contributed by atoms with van der Waals surface area (Å²) in [4.78, 5) is 5.96. The third-order valence-corrected chi connectivity index (χ3v) is 6.77. The molecule has 0 N–H and O–H groups in total. The fourth-order valence-electron chi connectivity index (χ4n) is 3.52. The highest BCUT2D eigenvalue weighted by atomic mass is 35.5. The molecule has 0 aliphatic carbocycles. The third-order valence-electron chi connectivity index (χ3n) is 4.94. The van der Waals surface area contributed by atoms with E-state index in [9.17, 15) is 0 Å². The van der Waals surface area contributed by atoms with Gasteiger partial charge in [0.15, 0.2) is 5.82 Å². The lowest BCUT2D eigenvalue weighted by molar-refractivity contribution is 0.859. The molecule has 8 heteroatoms. The van der Waals surface area contributed by atoms with Gasteiger partial charge >= 0.3 is 0 Å². The SMILES string of the molecule is Clc1ccc(SCc2nnc3n2-c2ccc(Cl)cc2C(c2ccccc2Cl)=NC3)cc1. The predicted molar refractivity (Wildman–Crippen MR) is 128 cm³/mol. The van der Waals surface area contributed by atoms with Crippen LogP contribution in [0.15, 0.2) is 76.6 Å². The number of hydrogen-bond donors (Lipinski definition) is 0. The van der Waals surface area contributed by atoms with E-state index in [4.69, 9.17) is 39.8 Å². The Labute approximate surface area is 198 Å². The van der Waals surface area contributed by atoms with Crippen molar-refractivity contribution in [2.45, 2.75) is 17.2 Å². The largest absolute Gasteiger partial charge is 0.280 e. The Hall–Kier alpha value is -2.31. The molecule has 5 rings (SSSR count). The highest BCUT2D eigenvalue weighted by Crippen LogP contribution is 2.32. The molecule has 1 aliphatic rings. The zero-order chi connectivity index (χ0) is 21.4. The molecule has 0 atom stereocenters. The number of fused-ring (bicyclic) bond motifs is 3. The Morgan fingerprint density at radius 2 is 1.61 bits per heavy atom. The number of aliphatic imine (C=N–C) groups is 1. The second-order valence-corrected chi connectivity index (χ2v) is 9.25. The molecule has 0 spiro atoms. The van der Waals surface area contributed by atoms with Gasteiger partial charge in [0, 0.05) is 31.1 Å². The first-order valence-electron chi connectivity index (χ1n) is 9.51. The first-order valence-corrected chi connectivity index (χ1v) is 11.6. The summed E-state index contributed by atoms with van der Waals surface area (Å²) in [5.41, 5.74) is 3.50. The Bertz CT molecular complexity index is 1300. The lowest BCUT2D eigenvalue weighted by Crippen LogP contribution is -2.09. The molecule has 0 radical (unpaired) electrons.